The summed E-state index contributed by atoms with van der Waals surface area (Å²) in [4.78, 5) is 24.6. The molecule has 1 amide bonds. The summed E-state index contributed by atoms with van der Waals surface area (Å²) < 4.78 is 14.5. The van der Waals surface area contributed by atoms with Crippen LogP contribution in [0, 0.1) is 11.7 Å². The molecular weight excluding hydrogens is 329 g/mol. The molecule has 0 heterocycles. The Morgan fingerprint density at radius 3 is 2.70 bits per heavy atom. The van der Waals surface area contributed by atoms with E-state index >= 15 is 0 Å². The van der Waals surface area contributed by atoms with Gasteiger partial charge < -0.3 is 10.0 Å². The minimum atomic E-state index is -1.16. The number of carboxylic acids is 1. The standard InChI is InChI=1S/C14H15BrFNO3/c1-8(14(19)20)13(18)17(11-3-4-11)7-9-6-10(15)2-5-12(9)16/h2,5-6,8,11H,3-4,7H2,1H3,(H,19,20). The zero-order valence-corrected chi connectivity index (χ0v) is 12.6. The van der Waals surface area contributed by atoms with Crippen LogP contribution in [0.3, 0.4) is 0 Å². The molecule has 0 aromatic heterocycles. The van der Waals surface area contributed by atoms with Gasteiger partial charge in [-0.25, -0.2) is 4.39 Å². The molecule has 0 spiro atoms. The largest absolute Gasteiger partial charge is 0.481 e. The van der Waals surface area contributed by atoms with Gasteiger partial charge in [0, 0.05) is 22.6 Å². The topological polar surface area (TPSA) is 57.6 Å². The van der Waals surface area contributed by atoms with Crippen LogP contribution in [0.4, 0.5) is 4.39 Å². The van der Waals surface area contributed by atoms with E-state index in [-0.39, 0.29) is 12.6 Å². The van der Waals surface area contributed by atoms with Crippen LogP contribution in [0.5, 0.6) is 0 Å². The van der Waals surface area contributed by atoms with Crippen LogP contribution in [0.15, 0.2) is 22.7 Å². The van der Waals surface area contributed by atoms with Crippen LogP contribution in [-0.2, 0) is 16.1 Å². The Morgan fingerprint density at radius 2 is 2.15 bits per heavy atom. The van der Waals surface area contributed by atoms with Crippen LogP contribution < -0.4 is 0 Å². The van der Waals surface area contributed by atoms with Crippen molar-refractivity contribution in [3.8, 4) is 0 Å². The summed E-state index contributed by atoms with van der Waals surface area (Å²) in [6, 6.07) is 4.56. The van der Waals surface area contributed by atoms with E-state index in [1.54, 1.807) is 12.1 Å². The monoisotopic (exact) mass is 343 g/mol. The molecule has 1 unspecified atom stereocenters. The Bertz CT molecular complexity index is 545. The molecule has 2 rings (SSSR count). The fraction of sp³-hybridized carbons (Fsp3) is 0.429. The number of aliphatic carboxylic acids is 1. The van der Waals surface area contributed by atoms with Crippen LogP contribution in [0.2, 0.25) is 0 Å². The van der Waals surface area contributed by atoms with Crippen molar-refractivity contribution >= 4 is 27.8 Å². The van der Waals surface area contributed by atoms with Gasteiger partial charge in [0.2, 0.25) is 5.91 Å². The van der Waals surface area contributed by atoms with Crippen LogP contribution in [0.25, 0.3) is 0 Å². The van der Waals surface area contributed by atoms with E-state index in [0.717, 1.165) is 17.3 Å². The first-order chi connectivity index (χ1) is 9.40. The van der Waals surface area contributed by atoms with Crippen molar-refractivity contribution in [2.24, 2.45) is 5.92 Å². The predicted molar refractivity (Wildman–Crippen MR) is 74.5 cm³/mol. The molecular formula is C14H15BrFNO3. The summed E-state index contributed by atoms with van der Waals surface area (Å²) in [5, 5.41) is 8.94. The van der Waals surface area contributed by atoms with E-state index in [1.807, 2.05) is 0 Å². The van der Waals surface area contributed by atoms with E-state index in [4.69, 9.17) is 5.11 Å². The fourth-order valence-corrected chi connectivity index (χ4v) is 2.38. The number of nitrogens with zero attached hydrogens (tertiary/aromatic N) is 1. The Balaban J connectivity index is 2.20. The minimum Gasteiger partial charge on any atom is -0.481 e. The average Bonchev–Trinajstić information content (AvgIpc) is 3.22. The van der Waals surface area contributed by atoms with Gasteiger partial charge in [-0.2, -0.15) is 0 Å². The van der Waals surface area contributed by atoms with Crippen LogP contribution >= 0.6 is 15.9 Å². The highest BCUT2D eigenvalue weighted by Crippen LogP contribution is 2.30. The smallest absolute Gasteiger partial charge is 0.315 e. The maximum Gasteiger partial charge on any atom is 0.315 e. The van der Waals surface area contributed by atoms with Gasteiger partial charge in [-0.15, -0.1) is 0 Å². The quantitative estimate of drug-likeness (QED) is 0.836. The second kappa shape index (κ2) is 5.91. The fourth-order valence-electron chi connectivity index (χ4n) is 1.98. The Hall–Kier alpha value is -1.43. The van der Waals surface area contributed by atoms with Gasteiger partial charge in [0.25, 0.3) is 0 Å². The van der Waals surface area contributed by atoms with Gasteiger partial charge in [0.1, 0.15) is 11.7 Å². The van der Waals surface area contributed by atoms with E-state index in [9.17, 15) is 14.0 Å². The number of hydrogen-bond donors (Lipinski definition) is 1. The molecule has 1 aliphatic carbocycles. The number of benzene rings is 1. The minimum absolute atomic E-state index is 0.0303. The normalized spacial score (nSPS) is 15.8. The molecule has 0 radical (unpaired) electrons. The molecule has 20 heavy (non-hydrogen) atoms. The summed E-state index contributed by atoms with van der Waals surface area (Å²) in [5.41, 5.74) is 0.386. The number of rotatable bonds is 5. The second-order valence-electron chi connectivity index (χ2n) is 4.99. The Kier molecular flexibility index (Phi) is 4.42. The third-order valence-electron chi connectivity index (χ3n) is 3.36. The van der Waals surface area contributed by atoms with Crippen molar-refractivity contribution in [3.63, 3.8) is 0 Å². The SMILES string of the molecule is CC(C(=O)O)C(=O)N(Cc1cc(Br)ccc1F)C1CC1. The first-order valence-corrected chi connectivity index (χ1v) is 7.16. The summed E-state index contributed by atoms with van der Waals surface area (Å²) in [5.74, 6) is -3.12. The number of hydrogen-bond acceptors (Lipinski definition) is 2. The molecule has 6 heteroatoms. The van der Waals surface area contributed by atoms with Gasteiger partial charge in [-0.3, -0.25) is 9.59 Å². The van der Waals surface area contributed by atoms with E-state index in [2.05, 4.69) is 15.9 Å². The molecule has 1 aliphatic rings. The number of carbonyl (C=O) groups excluding carboxylic acids is 1. The van der Waals surface area contributed by atoms with Gasteiger partial charge in [0.05, 0.1) is 0 Å². The van der Waals surface area contributed by atoms with Crippen molar-refractivity contribution in [3.05, 3.63) is 34.1 Å². The first kappa shape index (κ1) is 15.0. The van der Waals surface area contributed by atoms with Crippen LogP contribution in [0.1, 0.15) is 25.3 Å². The van der Waals surface area contributed by atoms with E-state index < -0.39 is 23.6 Å². The number of carboxylic acid groups (broad SMARTS) is 1. The van der Waals surface area contributed by atoms with Gasteiger partial charge in [-0.05, 0) is 38.0 Å². The maximum atomic E-state index is 13.8. The van der Waals surface area contributed by atoms with Gasteiger partial charge in [-0.1, -0.05) is 15.9 Å². The Morgan fingerprint density at radius 1 is 1.50 bits per heavy atom. The number of amides is 1. The molecule has 1 N–H and O–H groups in total. The third kappa shape index (κ3) is 3.36. The molecule has 1 aromatic carbocycles. The number of carbonyl (C=O) groups is 2. The maximum absolute atomic E-state index is 13.8. The van der Waals surface area contributed by atoms with Gasteiger partial charge >= 0.3 is 5.97 Å². The van der Waals surface area contributed by atoms with Crippen molar-refractivity contribution < 1.29 is 19.1 Å². The summed E-state index contributed by atoms with van der Waals surface area (Å²) in [7, 11) is 0. The third-order valence-corrected chi connectivity index (χ3v) is 3.85. The molecule has 0 saturated heterocycles. The molecule has 0 bridgehead atoms. The highest BCUT2D eigenvalue weighted by molar-refractivity contribution is 9.10. The number of halogens is 2. The van der Waals surface area contributed by atoms with Gasteiger partial charge in [0.15, 0.2) is 0 Å². The molecule has 1 atom stereocenters. The lowest BCUT2D eigenvalue weighted by Gasteiger charge is -2.24. The molecule has 1 fully saturated rings. The summed E-state index contributed by atoms with van der Waals surface area (Å²) >= 11 is 3.26. The zero-order chi connectivity index (χ0) is 14.9. The molecule has 1 saturated carbocycles. The summed E-state index contributed by atoms with van der Waals surface area (Å²) in [6.45, 7) is 1.46. The second-order valence-corrected chi connectivity index (χ2v) is 5.91. The van der Waals surface area contributed by atoms with E-state index in [0.29, 0.717) is 5.56 Å². The van der Waals surface area contributed by atoms with Crippen molar-refractivity contribution in [1.29, 1.82) is 0 Å². The van der Waals surface area contributed by atoms with Crippen molar-refractivity contribution in [1.82, 2.24) is 4.90 Å². The lowest BCUT2D eigenvalue weighted by atomic mass is 10.1. The van der Waals surface area contributed by atoms with Crippen molar-refractivity contribution in [2.75, 3.05) is 0 Å². The Labute approximate surface area is 124 Å². The highest BCUT2D eigenvalue weighted by atomic mass is 79.9. The predicted octanol–water partition coefficient (Wildman–Crippen LogP) is 2.80. The summed E-state index contributed by atoms with van der Waals surface area (Å²) in [6.07, 6.45) is 1.68. The van der Waals surface area contributed by atoms with E-state index in [1.165, 1.54) is 17.9 Å². The van der Waals surface area contributed by atoms with Crippen LogP contribution in [-0.4, -0.2) is 27.9 Å². The molecule has 1 aromatic rings. The van der Waals surface area contributed by atoms with Crippen molar-refractivity contribution in [2.45, 2.75) is 32.4 Å². The molecule has 4 nitrogen and oxygen atoms in total. The lowest BCUT2D eigenvalue weighted by molar-refractivity contribution is -0.150. The first-order valence-electron chi connectivity index (χ1n) is 6.37. The average molecular weight is 344 g/mol. The highest BCUT2D eigenvalue weighted by Gasteiger charge is 2.36. The molecule has 0 aliphatic heterocycles. The zero-order valence-electron chi connectivity index (χ0n) is 11.0. The molecule has 108 valence electrons. The lowest BCUT2D eigenvalue weighted by Crippen LogP contribution is -2.39.